The predicted octanol–water partition coefficient (Wildman–Crippen LogP) is 1.79. The van der Waals surface area contributed by atoms with E-state index in [1.54, 1.807) is 6.08 Å². The first-order valence-corrected chi connectivity index (χ1v) is 9.02. The maximum absolute atomic E-state index is 12.5. The van der Waals surface area contributed by atoms with Crippen molar-refractivity contribution in [3.63, 3.8) is 0 Å². The summed E-state index contributed by atoms with van der Waals surface area (Å²) in [6.07, 6.45) is 8.34. The number of nitrogens with zero attached hydrogens (tertiary/aromatic N) is 2. The Hall–Kier alpha value is -1.36. The summed E-state index contributed by atoms with van der Waals surface area (Å²) in [5, 5.41) is 2.85. The van der Waals surface area contributed by atoms with Gasteiger partial charge in [0.05, 0.1) is 6.04 Å². The first-order chi connectivity index (χ1) is 11.1. The zero-order valence-electron chi connectivity index (χ0n) is 14.4. The van der Waals surface area contributed by atoms with Crippen LogP contribution in [0.5, 0.6) is 0 Å². The Morgan fingerprint density at radius 3 is 2.61 bits per heavy atom. The summed E-state index contributed by atoms with van der Waals surface area (Å²) < 4.78 is 0. The fourth-order valence-corrected chi connectivity index (χ4v) is 3.65. The van der Waals surface area contributed by atoms with Crippen LogP contribution in [-0.4, -0.2) is 60.4 Å². The lowest BCUT2D eigenvalue weighted by atomic mass is 10.0. The lowest BCUT2D eigenvalue weighted by Crippen LogP contribution is -2.46. The molecule has 1 aliphatic heterocycles. The lowest BCUT2D eigenvalue weighted by molar-refractivity contribution is -0.132. The highest BCUT2D eigenvalue weighted by Crippen LogP contribution is 2.28. The Morgan fingerprint density at radius 1 is 1.17 bits per heavy atom. The first-order valence-electron chi connectivity index (χ1n) is 9.02. The highest BCUT2D eigenvalue weighted by molar-refractivity contribution is 5.81. The molecule has 0 spiro atoms. The zero-order chi connectivity index (χ0) is 16.7. The Kier molecular flexibility index (Phi) is 7.09. The minimum absolute atomic E-state index is 0.0376. The van der Waals surface area contributed by atoms with E-state index in [4.69, 9.17) is 0 Å². The molecule has 0 bridgehead atoms. The number of carbonyl (C=O) groups excluding carboxylic acids is 2. The van der Waals surface area contributed by atoms with Gasteiger partial charge in [0.15, 0.2) is 0 Å². The molecule has 2 aliphatic rings. The van der Waals surface area contributed by atoms with Gasteiger partial charge in [-0.15, -0.1) is 6.58 Å². The van der Waals surface area contributed by atoms with Crippen LogP contribution in [0.2, 0.25) is 0 Å². The van der Waals surface area contributed by atoms with Gasteiger partial charge in [-0.1, -0.05) is 18.9 Å². The van der Waals surface area contributed by atoms with Gasteiger partial charge in [-0.05, 0) is 32.1 Å². The maximum atomic E-state index is 12.5. The number of nitrogens with one attached hydrogen (secondary N) is 1. The molecule has 2 fully saturated rings. The first kappa shape index (κ1) is 18.0. The number of amides is 2. The van der Waals surface area contributed by atoms with Gasteiger partial charge in [0, 0.05) is 39.1 Å². The molecular formula is C18H31N3O2. The number of hydrogen-bond donors (Lipinski definition) is 1. The van der Waals surface area contributed by atoms with Gasteiger partial charge >= 0.3 is 0 Å². The van der Waals surface area contributed by atoms with Crippen molar-refractivity contribution in [2.45, 2.75) is 51.5 Å². The molecule has 0 aromatic carbocycles. The van der Waals surface area contributed by atoms with E-state index < -0.39 is 0 Å². The van der Waals surface area contributed by atoms with E-state index in [-0.39, 0.29) is 11.9 Å². The van der Waals surface area contributed by atoms with E-state index in [0.29, 0.717) is 18.4 Å². The third-order valence-electron chi connectivity index (χ3n) is 5.17. The van der Waals surface area contributed by atoms with Crippen LogP contribution in [0, 0.1) is 5.92 Å². The van der Waals surface area contributed by atoms with E-state index in [0.717, 1.165) is 39.0 Å². The van der Waals surface area contributed by atoms with E-state index >= 15 is 0 Å². The summed E-state index contributed by atoms with van der Waals surface area (Å²) in [5.74, 6) is 0.948. The van der Waals surface area contributed by atoms with Gasteiger partial charge in [0.25, 0.3) is 0 Å². The van der Waals surface area contributed by atoms with Crippen molar-refractivity contribution >= 4 is 11.8 Å². The Balaban J connectivity index is 1.80. The normalized spacial score (nSPS) is 21.7. The average Bonchev–Trinajstić information content (AvgIpc) is 2.93. The molecule has 1 aliphatic carbocycles. The van der Waals surface area contributed by atoms with Crippen LogP contribution in [0.25, 0.3) is 0 Å². The summed E-state index contributed by atoms with van der Waals surface area (Å²) in [4.78, 5) is 28.7. The second-order valence-corrected chi connectivity index (χ2v) is 6.83. The molecular weight excluding hydrogens is 290 g/mol. The lowest BCUT2D eigenvalue weighted by Gasteiger charge is -2.27. The van der Waals surface area contributed by atoms with Crippen LogP contribution in [0.1, 0.15) is 45.4 Å². The van der Waals surface area contributed by atoms with Crippen LogP contribution in [-0.2, 0) is 9.59 Å². The van der Waals surface area contributed by atoms with Crippen LogP contribution < -0.4 is 5.32 Å². The Labute approximate surface area is 140 Å². The topological polar surface area (TPSA) is 52.7 Å². The van der Waals surface area contributed by atoms with E-state index in [1.165, 1.54) is 25.7 Å². The summed E-state index contributed by atoms with van der Waals surface area (Å²) in [6, 6.07) is -0.153. The molecule has 130 valence electrons. The molecule has 0 aromatic rings. The van der Waals surface area contributed by atoms with Crippen molar-refractivity contribution in [3.05, 3.63) is 12.7 Å². The minimum atomic E-state index is -0.153. The summed E-state index contributed by atoms with van der Waals surface area (Å²) in [7, 11) is 0. The SMILES string of the molecule is C=CCNC(=O)C(C)N1CCCN(C(=O)CC2CCCC2)CC1. The molecule has 0 radical (unpaired) electrons. The van der Waals surface area contributed by atoms with Crippen molar-refractivity contribution in [2.24, 2.45) is 5.92 Å². The van der Waals surface area contributed by atoms with Gasteiger partial charge in [0.2, 0.25) is 11.8 Å². The van der Waals surface area contributed by atoms with Crippen LogP contribution >= 0.6 is 0 Å². The Morgan fingerprint density at radius 2 is 1.91 bits per heavy atom. The fourth-order valence-electron chi connectivity index (χ4n) is 3.65. The second-order valence-electron chi connectivity index (χ2n) is 6.83. The van der Waals surface area contributed by atoms with Gasteiger partial charge in [-0.2, -0.15) is 0 Å². The Bertz CT molecular complexity index is 418. The van der Waals surface area contributed by atoms with Crippen molar-refractivity contribution in [1.82, 2.24) is 15.1 Å². The second kappa shape index (κ2) is 9.06. The molecule has 2 rings (SSSR count). The quantitative estimate of drug-likeness (QED) is 0.759. The van der Waals surface area contributed by atoms with E-state index in [2.05, 4.69) is 16.8 Å². The largest absolute Gasteiger partial charge is 0.351 e. The smallest absolute Gasteiger partial charge is 0.237 e. The molecule has 23 heavy (non-hydrogen) atoms. The molecule has 5 nitrogen and oxygen atoms in total. The number of rotatable bonds is 6. The zero-order valence-corrected chi connectivity index (χ0v) is 14.4. The predicted molar refractivity (Wildman–Crippen MR) is 92.0 cm³/mol. The molecule has 5 heteroatoms. The third kappa shape index (κ3) is 5.34. The van der Waals surface area contributed by atoms with E-state index in [9.17, 15) is 9.59 Å². The highest BCUT2D eigenvalue weighted by atomic mass is 16.2. The van der Waals surface area contributed by atoms with Crippen LogP contribution in [0.4, 0.5) is 0 Å². The summed E-state index contributed by atoms with van der Waals surface area (Å²) in [5.41, 5.74) is 0. The molecule has 1 unspecified atom stereocenters. The van der Waals surface area contributed by atoms with Crippen molar-refractivity contribution in [1.29, 1.82) is 0 Å². The van der Waals surface area contributed by atoms with Gasteiger partial charge in [-0.25, -0.2) is 0 Å². The minimum Gasteiger partial charge on any atom is -0.351 e. The molecule has 1 atom stereocenters. The average molecular weight is 321 g/mol. The maximum Gasteiger partial charge on any atom is 0.237 e. The van der Waals surface area contributed by atoms with Crippen molar-refractivity contribution in [3.8, 4) is 0 Å². The van der Waals surface area contributed by atoms with Gasteiger partial charge in [0.1, 0.15) is 0 Å². The van der Waals surface area contributed by atoms with Crippen LogP contribution in [0.15, 0.2) is 12.7 Å². The van der Waals surface area contributed by atoms with Crippen LogP contribution in [0.3, 0.4) is 0 Å². The third-order valence-corrected chi connectivity index (χ3v) is 5.17. The molecule has 1 saturated heterocycles. The molecule has 0 aromatic heterocycles. The van der Waals surface area contributed by atoms with Crippen molar-refractivity contribution in [2.75, 3.05) is 32.7 Å². The number of carbonyl (C=O) groups is 2. The highest BCUT2D eigenvalue weighted by Gasteiger charge is 2.27. The van der Waals surface area contributed by atoms with E-state index in [1.807, 2.05) is 11.8 Å². The van der Waals surface area contributed by atoms with Gasteiger partial charge in [-0.3, -0.25) is 14.5 Å². The summed E-state index contributed by atoms with van der Waals surface area (Å²) >= 11 is 0. The monoisotopic (exact) mass is 321 g/mol. The van der Waals surface area contributed by atoms with Gasteiger partial charge < -0.3 is 10.2 Å². The van der Waals surface area contributed by atoms with Crippen molar-refractivity contribution < 1.29 is 9.59 Å². The number of hydrogen-bond acceptors (Lipinski definition) is 3. The summed E-state index contributed by atoms with van der Waals surface area (Å²) in [6.45, 7) is 9.27. The molecule has 2 amide bonds. The molecule has 1 saturated carbocycles. The molecule has 1 heterocycles. The fraction of sp³-hybridized carbons (Fsp3) is 0.778. The standard InChI is InChI=1S/C18H31N3O2/c1-3-9-19-18(23)15(2)20-10-6-11-21(13-12-20)17(22)14-16-7-4-5-8-16/h3,15-16H,1,4-14H2,2H3,(H,19,23). The molecule has 1 N–H and O–H groups in total.